The number of carbonyl (C=O) groups excluding carboxylic acids is 1. The van der Waals surface area contributed by atoms with Crippen molar-refractivity contribution in [2.45, 2.75) is 19.8 Å². The van der Waals surface area contributed by atoms with Gasteiger partial charge in [0.1, 0.15) is 5.75 Å². The van der Waals surface area contributed by atoms with Crippen molar-refractivity contribution in [3.05, 3.63) is 24.0 Å². The lowest BCUT2D eigenvalue weighted by atomic mass is 10.1. The molecule has 2 N–H and O–H groups in total. The van der Waals surface area contributed by atoms with Crippen LogP contribution in [0.15, 0.2) is 18.3 Å². The Bertz CT molecular complexity index is 430. The van der Waals surface area contributed by atoms with Gasteiger partial charge in [-0.25, -0.2) is 4.98 Å². The number of rotatable bonds is 5. The Morgan fingerprint density at radius 1 is 1.53 bits per heavy atom. The average molecular weight is 263 g/mol. The van der Waals surface area contributed by atoms with Gasteiger partial charge in [-0.1, -0.05) is 6.92 Å². The van der Waals surface area contributed by atoms with Crippen LogP contribution in [0.25, 0.3) is 0 Å². The fraction of sp³-hybridized carbons (Fsp3) is 0.571. The van der Waals surface area contributed by atoms with Crippen molar-refractivity contribution in [2.75, 3.05) is 26.2 Å². The van der Waals surface area contributed by atoms with E-state index in [1.165, 1.54) is 38.2 Å². The number of aromatic nitrogens is 1. The van der Waals surface area contributed by atoms with Crippen LogP contribution in [0, 0.1) is 5.92 Å². The molecule has 1 unspecified atom stereocenters. The van der Waals surface area contributed by atoms with Gasteiger partial charge in [-0.05, 0) is 44.0 Å². The van der Waals surface area contributed by atoms with E-state index in [0.717, 1.165) is 6.54 Å². The summed E-state index contributed by atoms with van der Waals surface area (Å²) in [5, 5.41) is 12.4. The number of pyridine rings is 1. The molecule has 1 aliphatic rings. The lowest BCUT2D eigenvalue weighted by molar-refractivity contribution is 0.0937. The van der Waals surface area contributed by atoms with Crippen molar-refractivity contribution in [1.82, 2.24) is 15.2 Å². The molecule has 1 aromatic rings. The summed E-state index contributed by atoms with van der Waals surface area (Å²) in [4.78, 5) is 18.2. The van der Waals surface area contributed by atoms with E-state index in [4.69, 9.17) is 0 Å². The van der Waals surface area contributed by atoms with Crippen LogP contribution in [-0.4, -0.2) is 47.1 Å². The van der Waals surface area contributed by atoms with Crippen LogP contribution < -0.4 is 5.32 Å². The normalized spacial score (nSPS) is 17.3. The molecule has 5 nitrogen and oxygen atoms in total. The maximum Gasteiger partial charge on any atom is 0.273 e. The van der Waals surface area contributed by atoms with Gasteiger partial charge in [0.05, 0.1) is 0 Å². The van der Waals surface area contributed by atoms with E-state index >= 15 is 0 Å². The summed E-state index contributed by atoms with van der Waals surface area (Å²) < 4.78 is 0. The molecule has 0 aromatic carbocycles. The number of likely N-dealkylation sites (tertiary alicyclic amines) is 1. The van der Waals surface area contributed by atoms with Crippen molar-refractivity contribution in [1.29, 1.82) is 0 Å². The summed E-state index contributed by atoms with van der Waals surface area (Å²) in [6.07, 6.45) is 4.06. The molecule has 0 radical (unpaired) electrons. The molecule has 19 heavy (non-hydrogen) atoms. The Morgan fingerprint density at radius 3 is 2.95 bits per heavy atom. The molecule has 1 atom stereocenters. The topological polar surface area (TPSA) is 65.5 Å². The SMILES string of the molecule is CC(CNC(=O)c1ncccc1O)CN1CCCC1. The number of amides is 1. The van der Waals surface area contributed by atoms with Gasteiger partial charge in [-0.3, -0.25) is 4.79 Å². The fourth-order valence-electron chi connectivity index (χ4n) is 2.39. The Balaban J connectivity index is 1.78. The van der Waals surface area contributed by atoms with Crippen LogP contribution in [0.3, 0.4) is 0 Å². The van der Waals surface area contributed by atoms with Crippen LogP contribution in [0.4, 0.5) is 0 Å². The number of hydrogen-bond acceptors (Lipinski definition) is 4. The minimum absolute atomic E-state index is 0.0767. The lowest BCUT2D eigenvalue weighted by Crippen LogP contribution is -2.34. The minimum atomic E-state index is -0.314. The molecule has 1 saturated heterocycles. The second-order valence-corrected chi connectivity index (χ2v) is 5.19. The van der Waals surface area contributed by atoms with Crippen molar-refractivity contribution in [3.8, 4) is 5.75 Å². The van der Waals surface area contributed by atoms with Crippen LogP contribution in [0.2, 0.25) is 0 Å². The number of carbonyl (C=O) groups is 1. The maximum absolute atomic E-state index is 11.9. The third kappa shape index (κ3) is 3.92. The Labute approximate surface area is 113 Å². The van der Waals surface area contributed by atoms with Crippen molar-refractivity contribution in [3.63, 3.8) is 0 Å². The summed E-state index contributed by atoms with van der Waals surface area (Å²) in [7, 11) is 0. The van der Waals surface area contributed by atoms with E-state index < -0.39 is 0 Å². The first-order chi connectivity index (χ1) is 9.16. The molecular weight excluding hydrogens is 242 g/mol. The van der Waals surface area contributed by atoms with E-state index in [1.54, 1.807) is 6.07 Å². The number of nitrogens with one attached hydrogen (secondary N) is 1. The largest absolute Gasteiger partial charge is 0.505 e. The molecule has 1 amide bonds. The molecule has 2 heterocycles. The minimum Gasteiger partial charge on any atom is -0.505 e. The number of nitrogens with zero attached hydrogens (tertiary/aromatic N) is 2. The van der Waals surface area contributed by atoms with E-state index in [1.807, 2.05) is 0 Å². The average Bonchev–Trinajstić information content (AvgIpc) is 2.89. The predicted octanol–water partition coefficient (Wildman–Crippen LogP) is 1.25. The molecular formula is C14H21N3O2. The van der Waals surface area contributed by atoms with Gasteiger partial charge >= 0.3 is 0 Å². The van der Waals surface area contributed by atoms with Crippen molar-refractivity contribution in [2.24, 2.45) is 5.92 Å². The first-order valence-electron chi connectivity index (χ1n) is 6.81. The quantitative estimate of drug-likeness (QED) is 0.839. The molecule has 1 aromatic heterocycles. The first-order valence-corrected chi connectivity index (χ1v) is 6.81. The number of hydrogen-bond donors (Lipinski definition) is 2. The summed E-state index contributed by atoms with van der Waals surface area (Å²) >= 11 is 0. The first kappa shape index (κ1) is 13.8. The fourth-order valence-corrected chi connectivity index (χ4v) is 2.39. The Morgan fingerprint density at radius 2 is 2.26 bits per heavy atom. The van der Waals surface area contributed by atoms with E-state index in [-0.39, 0.29) is 17.4 Å². The second kappa shape index (κ2) is 6.52. The summed E-state index contributed by atoms with van der Waals surface area (Å²) in [6, 6.07) is 3.07. The zero-order valence-corrected chi connectivity index (χ0v) is 11.3. The van der Waals surface area contributed by atoms with Gasteiger partial charge in [-0.2, -0.15) is 0 Å². The molecule has 0 bridgehead atoms. The van der Waals surface area contributed by atoms with Crippen LogP contribution in [-0.2, 0) is 0 Å². The van der Waals surface area contributed by atoms with E-state index in [2.05, 4.69) is 22.1 Å². The van der Waals surface area contributed by atoms with Crippen LogP contribution >= 0.6 is 0 Å². The molecule has 5 heteroatoms. The maximum atomic E-state index is 11.9. The highest BCUT2D eigenvalue weighted by atomic mass is 16.3. The van der Waals surface area contributed by atoms with Crippen LogP contribution in [0.1, 0.15) is 30.3 Å². The van der Waals surface area contributed by atoms with Crippen LogP contribution in [0.5, 0.6) is 5.75 Å². The van der Waals surface area contributed by atoms with Gasteiger partial charge in [-0.15, -0.1) is 0 Å². The zero-order valence-electron chi connectivity index (χ0n) is 11.3. The third-order valence-corrected chi connectivity index (χ3v) is 3.38. The molecule has 1 aliphatic heterocycles. The monoisotopic (exact) mass is 263 g/mol. The highest BCUT2D eigenvalue weighted by Gasteiger charge is 2.16. The molecule has 0 spiro atoms. The van der Waals surface area contributed by atoms with Gasteiger partial charge in [0, 0.05) is 19.3 Å². The second-order valence-electron chi connectivity index (χ2n) is 5.19. The van der Waals surface area contributed by atoms with Crippen molar-refractivity contribution < 1.29 is 9.90 Å². The lowest BCUT2D eigenvalue weighted by Gasteiger charge is -2.20. The van der Waals surface area contributed by atoms with Crippen molar-refractivity contribution >= 4 is 5.91 Å². The molecule has 0 saturated carbocycles. The van der Waals surface area contributed by atoms with E-state index in [0.29, 0.717) is 12.5 Å². The third-order valence-electron chi connectivity index (χ3n) is 3.38. The summed E-state index contributed by atoms with van der Waals surface area (Å²) in [5.74, 6) is 0.00599. The zero-order chi connectivity index (χ0) is 13.7. The van der Waals surface area contributed by atoms with Gasteiger partial charge in [0.2, 0.25) is 0 Å². The van der Waals surface area contributed by atoms with Gasteiger partial charge < -0.3 is 15.3 Å². The highest BCUT2D eigenvalue weighted by molar-refractivity contribution is 5.94. The van der Waals surface area contributed by atoms with Gasteiger partial charge in [0.25, 0.3) is 5.91 Å². The number of aromatic hydroxyl groups is 1. The Kier molecular flexibility index (Phi) is 4.74. The van der Waals surface area contributed by atoms with Gasteiger partial charge in [0.15, 0.2) is 5.69 Å². The highest BCUT2D eigenvalue weighted by Crippen LogP contribution is 2.13. The molecule has 0 aliphatic carbocycles. The molecule has 104 valence electrons. The molecule has 2 rings (SSSR count). The standard InChI is InChI=1S/C14H21N3O2/c1-11(10-17-7-2-3-8-17)9-16-14(19)13-12(18)5-4-6-15-13/h4-6,11,18H,2-3,7-10H2,1H3,(H,16,19). The van der Waals surface area contributed by atoms with E-state index in [9.17, 15) is 9.90 Å². The predicted molar refractivity (Wildman–Crippen MR) is 73.1 cm³/mol. The molecule has 1 fully saturated rings. The Hall–Kier alpha value is -1.62. The summed E-state index contributed by atoms with van der Waals surface area (Å²) in [5.41, 5.74) is 0.0934. The summed E-state index contributed by atoms with van der Waals surface area (Å²) in [6.45, 7) is 6.06. The smallest absolute Gasteiger partial charge is 0.273 e.